The SMILES string of the molecule is O=C(NCCOc1ccccc1)c1ccnc(Nc2nccc3ccccc23)c1. The summed E-state index contributed by atoms with van der Waals surface area (Å²) in [4.78, 5) is 21.1. The Balaban J connectivity index is 1.38. The highest BCUT2D eigenvalue weighted by Gasteiger charge is 2.08. The second-order valence-electron chi connectivity index (χ2n) is 6.35. The van der Waals surface area contributed by atoms with Crippen molar-refractivity contribution in [1.82, 2.24) is 15.3 Å². The molecule has 4 aromatic rings. The van der Waals surface area contributed by atoms with E-state index in [1.807, 2.05) is 60.7 Å². The summed E-state index contributed by atoms with van der Waals surface area (Å²) in [5.41, 5.74) is 0.516. The van der Waals surface area contributed by atoms with E-state index in [-0.39, 0.29) is 5.91 Å². The third-order valence-corrected chi connectivity index (χ3v) is 4.34. The molecule has 0 unspecified atom stereocenters. The van der Waals surface area contributed by atoms with Crippen LogP contribution in [0.4, 0.5) is 11.6 Å². The molecule has 0 atom stereocenters. The molecule has 144 valence electrons. The van der Waals surface area contributed by atoms with E-state index in [0.29, 0.717) is 30.4 Å². The summed E-state index contributed by atoms with van der Waals surface area (Å²) >= 11 is 0. The Bertz CT molecular complexity index is 1110. The Hall–Kier alpha value is -3.93. The number of aromatic nitrogens is 2. The Labute approximate surface area is 168 Å². The Morgan fingerprint density at radius 3 is 2.59 bits per heavy atom. The van der Waals surface area contributed by atoms with E-state index in [9.17, 15) is 4.79 Å². The summed E-state index contributed by atoms with van der Waals surface area (Å²) in [6.45, 7) is 0.801. The number of fused-ring (bicyclic) bond motifs is 1. The van der Waals surface area contributed by atoms with Gasteiger partial charge in [0.1, 0.15) is 24.0 Å². The first-order valence-corrected chi connectivity index (χ1v) is 9.32. The average Bonchev–Trinajstić information content (AvgIpc) is 2.78. The molecule has 6 heteroatoms. The van der Waals surface area contributed by atoms with Crippen LogP contribution in [0.1, 0.15) is 10.4 Å². The lowest BCUT2D eigenvalue weighted by Gasteiger charge is -2.10. The minimum Gasteiger partial charge on any atom is -0.492 e. The van der Waals surface area contributed by atoms with Gasteiger partial charge in [0.15, 0.2) is 0 Å². The lowest BCUT2D eigenvalue weighted by Crippen LogP contribution is -2.28. The molecule has 2 N–H and O–H groups in total. The van der Waals surface area contributed by atoms with Crippen molar-refractivity contribution in [2.45, 2.75) is 0 Å². The molecule has 2 aromatic heterocycles. The van der Waals surface area contributed by atoms with Gasteiger partial charge in [-0.25, -0.2) is 9.97 Å². The number of hydrogen-bond donors (Lipinski definition) is 2. The van der Waals surface area contributed by atoms with Gasteiger partial charge >= 0.3 is 0 Å². The van der Waals surface area contributed by atoms with E-state index in [0.717, 1.165) is 16.5 Å². The molecule has 0 aliphatic carbocycles. The molecule has 4 rings (SSSR count). The fraction of sp³-hybridized carbons (Fsp3) is 0.0870. The number of nitrogens with zero attached hydrogens (tertiary/aromatic N) is 2. The zero-order chi connectivity index (χ0) is 19.9. The number of carbonyl (C=O) groups is 1. The van der Waals surface area contributed by atoms with Crippen LogP contribution in [0.5, 0.6) is 5.75 Å². The van der Waals surface area contributed by atoms with Crippen LogP contribution in [-0.4, -0.2) is 29.0 Å². The number of benzene rings is 2. The highest BCUT2D eigenvalue weighted by Crippen LogP contribution is 2.23. The molecule has 0 saturated carbocycles. The molecule has 0 aliphatic rings. The predicted molar refractivity (Wildman–Crippen MR) is 114 cm³/mol. The van der Waals surface area contributed by atoms with Crippen LogP contribution in [0.3, 0.4) is 0 Å². The van der Waals surface area contributed by atoms with Gasteiger partial charge in [0, 0.05) is 23.3 Å². The van der Waals surface area contributed by atoms with E-state index in [4.69, 9.17) is 4.74 Å². The first-order valence-electron chi connectivity index (χ1n) is 9.32. The molecule has 2 aromatic carbocycles. The first-order chi connectivity index (χ1) is 14.3. The van der Waals surface area contributed by atoms with Crippen molar-refractivity contribution in [2.75, 3.05) is 18.5 Å². The number of anilines is 2. The van der Waals surface area contributed by atoms with Crippen LogP contribution in [0.2, 0.25) is 0 Å². The summed E-state index contributed by atoms with van der Waals surface area (Å²) < 4.78 is 5.59. The Morgan fingerprint density at radius 2 is 1.69 bits per heavy atom. The van der Waals surface area contributed by atoms with E-state index in [1.165, 1.54) is 0 Å². The molecule has 0 spiro atoms. The fourth-order valence-electron chi connectivity index (χ4n) is 2.93. The van der Waals surface area contributed by atoms with Gasteiger partial charge in [-0.3, -0.25) is 4.79 Å². The molecular formula is C23H20N4O2. The Kier molecular flexibility index (Phi) is 5.62. The van der Waals surface area contributed by atoms with E-state index >= 15 is 0 Å². The highest BCUT2D eigenvalue weighted by atomic mass is 16.5. The first kappa shape index (κ1) is 18.4. The zero-order valence-corrected chi connectivity index (χ0v) is 15.7. The van der Waals surface area contributed by atoms with Crippen molar-refractivity contribution < 1.29 is 9.53 Å². The van der Waals surface area contributed by atoms with Crippen LogP contribution >= 0.6 is 0 Å². The van der Waals surface area contributed by atoms with Gasteiger partial charge in [0.05, 0.1) is 6.54 Å². The van der Waals surface area contributed by atoms with Gasteiger partial charge in [-0.15, -0.1) is 0 Å². The molecule has 2 heterocycles. The van der Waals surface area contributed by atoms with Crippen molar-refractivity contribution in [3.05, 3.63) is 90.8 Å². The van der Waals surface area contributed by atoms with Gasteiger partial charge in [-0.2, -0.15) is 0 Å². The van der Waals surface area contributed by atoms with Gasteiger partial charge in [0.2, 0.25) is 0 Å². The average molecular weight is 384 g/mol. The highest BCUT2D eigenvalue weighted by molar-refractivity contribution is 5.96. The second-order valence-corrected chi connectivity index (χ2v) is 6.35. The quantitative estimate of drug-likeness (QED) is 0.468. The Morgan fingerprint density at radius 1 is 0.897 bits per heavy atom. The number of amides is 1. The van der Waals surface area contributed by atoms with E-state index in [2.05, 4.69) is 20.6 Å². The topological polar surface area (TPSA) is 76.1 Å². The van der Waals surface area contributed by atoms with Gasteiger partial charge in [0.25, 0.3) is 5.91 Å². The molecule has 6 nitrogen and oxygen atoms in total. The van der Waals surface area contributed by atoms with Gasteiger partial charge in [-0.1, -0.05) is 42.5 Å². The van der Waals surface area contributed by atoms with Crippen molar-refractivity contribution in [2.24, 2.45) is 0 Å². The summed E-state index contributed by atoms with van der Waals surface area (Å²) in [6, 6.07) is 22.8. The molecule has 0 radical (unpaired) electrons. The molecule has 0 aliphatic heterocycles. The van der Waals surface area contributed by atoms with Crippen LogP contribution in [0.25, 0.3) is 10.8 Å². The van der Waals surface area contributed by atoms with Crippen LogP contribution < -0.4 is 15.4 Å². The van der Waals surface area contributed by atoms with Crippen LogP contribution in [0.15, 0.2) is 85.2 Å². The summed E-state index contributed by atoms with van der Waals surface area (Å²) in [5, 5.41) is 8.13. The maximum atomic E-state index is 12.4. The summed E-state index contributed by atoms with van der Waals surface area (Å²) in [5.74, 6) is 1.85. The normalized spacial score (nSPS) is 10.5. The lowest BCUT2D eigenvalue weighted by molar-refractivity contribution is 0.0947. The standard InChI is InChI=1S/C23H20N4O2/c28-23(26-14-15-29-19-7-2-1-3-8-19)18-11-12-24-21(16-18)27-22-20-9-5-4-6-17(20)10-13-25-22/h1-13,16H,14-15H2,(H,26,28)(H,24,25,27). The molecular weight excluding hydrogens is 364 g/mol. The number of rotatable bonds is 7. The van der Waals surface area contributed by atoms with Gasteiger partial charge < -0.3 is 15.4 Å². The number of para-hydroxylation sites is 1. The summed E-state index contributed by atoms with van der Waals surface area (Å²) in [7, 11) is 0. The van der Waals surface area contributed by atoms with E-state index < -0.39 is 0 Å². The molecule has 0 bridgehead atoms. The largest absolute Gasteiger partial charge is 0.492 e. The third kappa shape index (κ3) is 4.68. The molecule has 0 saturated heterocycles. The van der Waals surface area contributed by atoms with E-state index in [1.54, 1.807) is 24.5 Å². The predicted octanol–water partition coefficient (Wildman–Crippen LogP) is 4.18. The van der Waals surface area contributed by atoms with Crippen molar-refractivity contribution in [3.8, 4) is 5.75 Å². The zero-order valence-electron chi connectivity index (χ0n) is 15.7. The third-order valence-electron chi connectivity index (χ3n) is 4.34. The van der Waals surface area contributed by atoms with Crippen LogP contribution in [-0.2, 0) is 0 Å². The number of hydrogen-bond acceptors (Lipinski definition) is 5. The van der Waals surface area contributed by atoms with Crippen molar-refractivity contribution in [3.63, 3.8) is 0 Å². The van der Waals surface area contributed by atoms with Crippen molar-refractivity contribution in [1.29, 1.82) is 0 Å². The van der Waals surface area contributed by atoms with Crippen LogP contribution in [0, 0.1) is 0 Å². The number of ether oxygens (including phenoxy) is 1. The minimum atomic E-state index is -0.182. The maximum absolute atomic E-state index is 12.4. The van der Waals surface area contributed by atoms with Crippen molar-refractivity contribution >= 4 is 28.3 Å². The second kappa shape index (κ2) is 8.84. The number of carbonyl (C=O) groups excluding carboxylic acids is 1. The number of pyridine rings is 2. The lowest BCUT2D eigenvalue weighted by atomic mass is 10.1. The molecule has 0 fully saturated rings. The minimum absolute atomic E-state index is 0.182. The summed E-state index contributed by atoms with van der Waals surface area (Å²) in [6.07, 6.45) is 3.34. The maximum Gasteiger partial charge on any atom is 0.251 e. The number of nitrogens with one attached hydrogen (secondary N) is 2. The monoisotopic (exact) mass is 384 g/mol. The molecule has 29 heavy (non-hydrogen) atoms. The fourth-order valence-corrected chi connectivity index (χ4v) is 2.93. The smallest absolute Gasteiger partial charge is 0.251 e. The molecule has 1 amide bonds. The van der Waals surface area contributed by atoms with Gasteiger partial charge in [-0.05, 0) is 35.7 Å².